The van der Waals surface area contributed by atoms with Crippen LogP contribution in [0.3, 0.4) is 0 Å². The maximum Gasteiger partial charge on any atom is 0.317 e. The molecule has 116 valence electrons. The molecule has 2 N–H and O–H groups in total. The Morgan fingerprint density at radius 3 is 2.80 bits per heavy atom. The van der Waals surface area contributed by atoms with Gasteiger partial charge in [-0.3, -0.25) is 0 Å². The first-order valence-electron chi connectivity index (χ1n) is 7.99. The van der Waals surface area contributed by atoms with Gasteiger partial charge in [-0.1, -0.05) is 19.8 Å². The molecule has 0 bridgehead atoms. The number of aliphatic hydroxyl groups is 1. The van der Waals surface area contributed by atoms with Gasteiger partial charge in [0.25, 0.3) is 0 Å². The standard InChI is InChI=1S/C15H28N2O3/c1-2-8-17(9-10-18)14(19)16-13-5-11-20-15(12-13)6-3-4-7-15/h13,18H,2-12H2,1H3,(H,16,19). The minimum atomic E-state index is -0.0408. The molecule has 5 nitrogen and oxygen atoms in total. The van der Waals surface area contributed by atoms with E-state index in [9.17, 15) is 4.79 Å². The summed E-state index contributed by atoms with van der Waals surface area (Å²) in [6, 6.07) is 0.174. The summed E-state index contributed by atoms with van der Waals surface area (Å²) in [6.07, 6.45) is 7.50. The number of rotatable bonds is 5. The van der Waals surface area contributed by atoms with Crippen molar-refractivity contribution in [2.45, 2.75) is 63.5 Å². The number of nitrogens with zero attached hydrogens (tertiary/aromatic N) is 1. The normalized spacial score (nSPS) is 24.8. The maximum atomic E-state index is 12.3. The second kappa shape index (κ2) is 7.27. The lowest BCUT2D eigenvalue weighted by Crippen LogP contribution is -2.51. The fourth-order valence-corrected chi connectivity index (χ4v) is 3.49. The van der Waals surface area contributed by atoms with Gasteiger partial charge in [0.15, 0.2) is 0 Å². The molecule has 1 spiro atoms. The van der Waals surface area contributed by atoms with Crippen LogP contribution in [0.1, 0.15) is 51.9 Å². The number of hydrogen-bond donors (Lipinski definition) is 2. The van der Waals surface area contributed by atoms with Crippen LogP contribution in [0, 0.1) is 0 Å². The molecule has 1 saturated heterocycles. The van der Waals surface area contributed by atoms with Crippen LogP contribution in [0.4, 0.5) is 4.79 Å². The minimum Gasteiger partial charge on any atom is -0.395 e. The Bertz CT molecular complexity index is 310. The van der Waals surface area contributed by atoms with Gasteiger partial charge in [-0.15, -0.1) is 0 Å². The molecule has 1 atom stereocenters. The highest BCUT2D eigenvalue weighted by atomic mass is 16.5. The van der Waals surface area contributed by atoms with Gasteiger partial charge >= 0.3 is 6.03 Å². The van der Waals surface area contributed by atoms with Crippen molar-refractivity contribution in [1.29, 1.82) is 0 Å². The maximum absolute atomic E-state index is 12.3. The zero-order chi connectivity index (χ0) is 14.4. The summed E-state index contributed by atoms with van der Waals surface area (Å²) in [6.45, 7) is 3.91. The molecule has 0 radical (unpaired) electrons. The van der Waals surface area contributed by atoms with Crippen molar-refractivity contribution in [3.63, 3.8) is 0 Å². The number of aliphatic hydroxyl groups excluding tert-OH is 1. The van der Waals surface area contributed by atoms with Gasteiger partial charge in [-0.25, -0.2) is 4.79 Å². The summed E-state index contributed by atoms with van der Waals surface area (Å²) >= 11 is 0. The lowest BCUT2D eigenvalue weighted by molar-refractivity contribution is -0.0823. The van der Waals surface area contributed by atoms with E-state index in [1.165, 1.54) is 12.8 Å². The monoisotopic (exact) mass is 284 g/mol. The summed E-state index contributed by atoms with van der Waals surface area (Å²) in [5, 5.41) is 12.2. The lowest BCUT2D eigenvalue weighted by atomic mass is 9.89. The second-order valence-corrected chi connectivity index (χ2v) is 6.09. The molecular formula is C15H28N2O3. The van der Waals surface area contributed by atoms with Gasteiger partial charge in [0.05, 0.1) is 12.2 Å². The Balaban J connectivity index is 1.86. The molecule has 5 heteroatoms. The van der Waals surface area contributed by atoms with Crippen molar-refractivity contribution < 1.29 is 14.6 Å². The number of carbonyl (C=O) groups is 1. The smallest absolute Gasteiger partial charge is 0.317 e. The van der Waals surface area contributed by atoms with Crippen LogP contribution < -0.4 is 5.32 Å². The van der Waals surface area contributed by atoms with E-state index in [1.54, 1.807) is 4.90 Å². The number of hydrogen-bond acceptors (Lipinski definition) is 3. The highest BCUT2D eigenvalue weighted by molar-refractivity contribution is 5.74. The molecule has 20 heavy (non-hydrogen) atoms. The van der Waals surface area contributed by atoms with Crippen molar-refractivity contribution in [2.75, 3.05) is 26.3 Å². The molecule has 2 rings (SSSR count). The average Bonchev–Trinajstić information content (AvgIpc) is 2.86. The number of urea groups is 1. The van der Waals surface area contributed by atoms with Gasteiger partial charge in [0.1, 0.15) is 0 Å². The van der Waals surface area contributed by atoms with Crippen LogP contribution in [0.15, 0.2) is 0 Å². The fourth-order valence-electron chi connectivity index (χ4n) is 3.49. The minimum absolute atomic E-state index is 0.0190. The summed E-state index contributed by atoms with van der Waals surface area (Å²) in [4.78, 5) is 14.0. The van der Waals surface area contributed by atoms with Crippen LogP contribution >= 0.6 is 0 Å². The van der Waals surface area contributed by atoms with Crippen LogP contribution in [0.25, 0.3) is 0 Å². The Hall–Kier alpha value is -0.810. The van der Waals surface area contributed by atoms with Gasteiger partial charge in [-0.05, 0) is 32.1 Å². The van der Waals surface area contributed by atoms with Crippen LogP contribution in [-0.4, -0.2) is 54.0 Å². The van der Waals surface area contributed by atoms with Gasteiger partial charge in [-0.2, -0.15) is 0 Å². The Kier molecular flexibility index (Phi) is 5.66. The topological polar surface area (TPSA) is 61.8 Å². The first kappa shape index (κ1) is 15.6. The van der Waals surface area contributed by atoms with E-state index >= 15 is 0 Å². The predicted molar refractivity (Wildman–Crippen MR) is 77.7 cm³/mol. The first-order valence-corrected chi connectivity index (χ1v) is 7.99. The number of ether oxygens (including phenoxy) is 1. The van der Waals surface area contributed by atoms with Crippen molar-refractivity contribution >= 4 is 6.03 Å². The third kappa shape index (κ3) is 3.85. The fraction of sp³-hybridized carbons (Fsp3) is 0.933. The molecule has 1 aliphatic carbocycles. The summed E-state index contributed by atoms with van der Waals surface area (Å²) in [5.74, 6) is 0. The molecule has 1 heterocycles. The van der Waals surface area contributed by atoms with E-state index < -0.39 is 0 Å². The number of carbonyl (C=O) groups excluding carboxylic acids is 1. The largest absolute Gasteiger partial charge is 0.395 e. The SMILES string of the molecule is CCCN(CCO)C(=O)NC1CCOC2(CCCC2)C1. The molecule has 0 aromatic rings. The highest BCUT2D eigenvalue weighted by Gasteiger charge is 2.40. The van der Waals surface area contributed by atoms with Crippen molar-refractivity contribution in [3.05, 3.63) is 0 Å². The quantitative estimate of drug-likeness (QED) is 0.810. The Morgan fingerprint density at radius 2 is 2.15 bits per heavy atom. The third-order valence-electron chi connectivity index (χ3n) is 4.49. The van der Waals surface area contributed by atoms with E-state index in [2.05, 4.69) is 5.32 Å². The van der Waals surface area contributed by atoms with E-state index in [4.69, 9.17) is 9.84 Å². The van der Waals surface area contributed by atoms with E-state index in [0.29, 0.717) is 13.1 Å². The van der Waals surface area contributed by atoms with Crippen molar-refractivity contribution in [3.8, 4) is 0 Å². The number of amides is 2. The molecule has 2 amide bonds. The summed E-state index contributed by atoms with van der Waals surface area (Å²) < 4.78 is 5.99. The van der Waals surface area contributed by atoms with Crippen LogP contribution in [-0.2, 0) is 4.74 Å². The molecule has 0 aromatic heterocycles. The van der Waals surface area contributed by atoms with Crippen LogP contribution in [0.2, 0.25) is 0 Å². The zero-order valence-electron chi connectivity index (χ0n) is 12.6. The second-order valence-electron chi connectivity index (χ2n) is 6.09. The molecule has 2 aliphatic rings. The van der Waals surface area contributed by atoms with Crippen LogP contribution in [0.5, 0.6) is 0 Å². The van der Waals surface area contributed by atoms with E-state index in [-0.39, 0.29) is 24.3 Å². The highest BCUT2D eigenvalue weighted by Crippen LogP contribution is 2.39. The van der Waals surface area contributed by atoms with Crippen molar-refractivity contribution in [2.24, 2.45) is 0 Å². The first-order chi connectivity index (χ1) is 9.69. The molecule has 1 unspecified atom stereocenters. The third-order valence-corrected chi connectivity index (χ3v) is 4.49. The molecule has 0 aromatic carbocycles. The Morgan fingerprint density at radius 1 is 1.40 bits per heavy atom. The van der Waals surface area contributed by atoms with Crippen molar-refractivity contribution in [1.82, 2.24) is 10.2 Å². The summed E-state index contributed by atoms with van der Waals surface area (Å²) in [7, 11) is 0. The summed E-state index contributed by atoms with van der Waals surface area (Å²) in [5.41, 5.74) is 0.0305. The number of nitrogens with one attached hydrogen (secondary N) is 1. The molecular weight excluding hydrogens is 256 g/mol. The average molecular weight is 284 g/mol. The predicted octanol–water partition coefficient (Wildman–Crippen LogP) is 1.89. The van der Waals surface area contributed by atoms with Gasteiger partial charge in [0, 0.05) is 25.7 Å². The van der Waals surface area contributed by atoms with E-state index in [1.807, 2.05) is 6.92 Å². The molecule has 1 saturated carbocycles. The van der Waals surface area contributed by atoms with Gasteiger partial charge < -0.3 is 20.1 Å². The van der Waals surface area contributed by atoms with Gasteiger partial charge in [0.2, 0.25) is 0 Å². The Labute approximate surface area is 121 Å². The van der Waals surface area contributed by atoms with E-state index in [0.717, 1.165) is 38.7 Å². The lowest BCUT2D eigenvalue weighted by Gasteiger charge is -2.39. The molecule has 2 fully saturated rings. The molecule has 1 aliphatic heterocycles. The zero-order valence-corrected chi connectivity index (χ0v) is 12.6.